The normalized spacial score (nSPS) is 19.8. The number of aliphatic carboxylic acids is 1. The Kier molecular flexibility index (Phi) is 4.24. The van der Waals surface area contributed by atoms with Crippen LogP contribution < -0.4 is 10.6 Å². The zero-order valence-corrected chi connectivity index (χ0v) is 11.5. The van der Waals surface area contributed by atoms with E-state index in [9.17, 15) is 9.59 Å². The van der Waals surface area contributed by atoms with Gasteiger partial charge in [0.1, 0.15) is 0 Å². The summed E-state index contributed by atoms with van der Waals surface area (Å²) >= 11 is 0. The van der Waals surface area contributed by atoms with Gasteiger partial charge in [0, 0.05) is 5.69 Å². The third-order valence-corrected chi connectivity index (χ3v) is 3.33. The summed E-state index contributed by atoms with van der Waals surface area (Å²) < 4.78 is 0. The molecule has 6 nitrogen and oxygen atoms in total. The number of nitrogens with one attached hydrogen (secondary N) is 2. The first-order valence-corrected chi connectivity index (χ1v) is 6.49. The second kappa shape index (κ2) is 6.09. The third-order valence-electron chi connectivity index (χ3n) is 3.33. The second-order valence-electron chi connectivity index (χ2n) is 4.91. The highest BCUT2D eigenvalue weighted by Crippen LogP contribution is 2.19. The van der Waals surface area contributed by atoms with Gasteiger partial charge in [-0.15, -0.1) is 0 Å². The molecule has 1 aromatic rings. The van der Waals surface area contributed by atoms with Crippen molar-refractivity contribution < 1.29 is 14.7 Å². The molecule has 0 aromatic heterocycles. The van der Waals surface area contributed by atoms with Crippen LogP contribution in [0.25, 0.3) is 0 Å². The van der Waals surface area contributed by atoms with Crippen molar-refractivity contribution in [2.45, 2.75) is 19.4 Å². The fourth-order valence-electron chi connectivity index (χ4n) is 2.14. The molecule has 2 unspecified atom stereocenters. The smallest absolute Gasteiger partial charge is 0.319 e. The minimum Gasteiger partial charge on any atom is -0.481 e. The van der Waals surface area contributed by atoms with Crippen LogP contribution in [0.3, 0.4) is 0 Å². The van der Waals surface area contributed by atoms with Crippen LogP contribution in [0.15, 0.2) is 30.4 Å². The Morgan fingerprint density at radius 2 is 2.14 bits per heavy atom. The predicted molar refractivity (Wildman–Crippen MR) is 76.7 cm³/mol. The average molecular weight is 285 g/mol. The average Bonchev–Trinajstić information content (AvgIpc) is 2.90. The molecule has 6 heteroatoms. The van der Waals surface area contributed by atoms with Crippen LogP contribution in [0.2, 0.25) is 0 Å². The van der Waals surface area contributed by atoms with Gasteiger partial charge in [0.25, 0.3) is 0 Å². The van der Waals surface area contributed by atoms with E-state index in [0.717, 1.165) is 5.56 Å². The lowest BCUT2D eigenvalue weighted by atomic mass is 10.1. The quantitative estimate of drug-likeness (QED) is 0.739. The highest BCUT2D eigenvalue weighted by atomic mass is 16.4. The van der Waals surface area contributed by atoms with E-state index < -0.39 is 17.9 Å². The van der Waals surface area contributed by atoms with Gasteiger partial charge in [-0.1, -0.05) is 18.2 Å². The van der Waals surface area contributed by atoms with Crippen LogP contribution in [0.1, 0.15) is 17.5 Å². The van der Waals surface area contributed by atoms with Gasteiger partial charge in [0.05, 0.1) is 23.6 Å². The first kappa shape index (κ1) is 14.6. The molecular weight excluding hydrogens is 270 g/mol. The molecule has 21 heavy (non-hydrogen) atoms. The van der Waals surface area contributed by atoms with Crippen molar-refractivity contribution >= 4 is 17.7 Å². The lowest BCUT2D eigenvalue weighted by Gasteiger charge is -2.14. The van der Waals surface area contributed by atoms with Crippen molar-refractivity contribution in [1.82, 2.24) is 5.32 Å². The first-order chi connectivity index (χ1) is 9.99. The van der Waals surface area contributed by atoms with E-state index in [1.165, 1.54) is 0 Å². The molecule has 2 atom stereocenters. The van der Waals surface area contributed by atoms with Crippen molar-refractivity contribution in [3.63, 3.8) is 0 Å². The standard InChI is InChI=1S/C15H15N3O3/c1-9-2-3-10(8-16)6-13(9)18-15(21)17-12-5-4-11(7-12)14(19)20/h2-6,11-12H,7H2,1H3,(H,19,20)(H2,17,18,21). The van der Waals surface area contributed by atoms with E-state index in [4.69, 9.17) is 10.4 Å². The SMILES string of the molecule is Cc1ccc(C#N)cc1NC(=O)NC1C=CC(C(=O)O)C1. The molecular formula is C15H15N3O3. The molecule has 0 radical (unpaired) electrons. The van der Waals surface area contributed by atoms with Crippen LogP contribution in [-0.4, -0.2) is 23.1 Å². The number of carbonyl (C=O) groups excluding carboxylic acids is 1. The summed E-state index contributed by atoms with van der Waals surface area (Å²) in [4.78, 5) is 22.7. The molecule has 0 aliphatic heterocycles. The van der Waals surface area contributed by atoms with Gasteiger partial charge in [-0.3, -0.25) is 4.79 Å². The molecule has 0 bridgehead atoms. The van der Waals surface area contributed by atoms with Crippen LogP contribution in [-0.2, 0) is 4.79 Å². The summed E-state index contributed by atoms with van der Waals surface area (Å²) in [7, 11) is 0. The van der Waals surface area contributed by atoms with E-state index in [0.29, 0.717) is 17.7 Å². The van der Waals surface area contributed by atoms with Crippen LogP contribution in [0.5, 0.6) is 0 Å². The Labute approximate surface area is 122 Å². The Morgan fingerprint density at radius 1 is 1.38 bits per heavy atom. The molecule has 1 aliphatic carbocycles. The van der Waals surface area contributed by atoms with Gasteiger partial charge < -0.3 is 15.7 Å². The van der Waals surface area contributed by atoms with Crippen molar-refractivity contribution in [2.75, 3.05) is 5.32 Å². The van der Waals surface area contributed by atoms with Crippen LogP contribution >= 0.6 is 0 Å². The molecule has 0 spiro atoms. The van der Waals surface area contributed by atoms with E-state index in [-0.39, 0.29) is 6.04 Å². The minimum absolute atomic E-state index is 0.300. The number of aryl methyl sites for hydroxylation is 1. The molecule has 0 saturated carbocycles. The van der Waals surface area contributed by atoms with E-state index in [2.05, 4.69) is 10.6 Å². The molecule has 1 aliphatic rings. The molecule has 108 valence electrons. The highest BCUT2D eigenvalue weighted by Gasteiger charge is 2.25. The van der Waals surface area contributed by atoms with Gasteiger partial charge in [0.2, 0.25) is 0 Å². The number of carboxylic acid groups (broad SMARTS) is 1. The molecule has 0 saturated heterocycles. The van der Waals surface area contributed by atoms with Gasteiger partial charge in [-0.05, 0) is 31.0 Å². The first-order valence-electron chi connectivity index (χ1n) is 6.49. The number of nitrogens with zero attached hydrogens (tertiary/aromatic N) is 1. The molecule has 2 amide bonds. The minimum atomic E-state index is -0.895. The monoisotopic (exact) mass is 285 g/mol. The Morgan fingerprint density at radius 3 is 2.76 bits per heavy atom. The molecule has 2 rings (SSSR count). The topological polar surface area (TPSA) is 102 Å². The number of rotatable bonds is 3. The molecule has 1 aromatic carbocycles. The number of carboxylic acids is 1. The summed E-state index contributed by atoms with van der Waals surface area (Å²) in [5.41, 5.74) is 1.86. The van der Waals surface area contributed by atoms with Crippen molar-refractivity contribution in [1.29, 1.82) is 5.26 Å². The number of hydrogen-bond acceptors (Lipinski definition) is 3. The second-order valence-corrected chi connectivity index (χ2v) is 4.91. The number of benzene rings is 1. The summed E-state index contributed by atoms with van der Waals surface area (Å²) in [6.45, 7) is 1.83. The van der Waals surface area contributed by atoms with Crippen molar-refractivity contribution in [2.24, 2.45) is 5.92 Å². The zero-order chi connectivity index (χ0) is 15.4. The van der Waals surface area contributed by atoms with E-state index >= 15 is 0 Å². The third kappa shape index (κ3) is 3.60. The van der Waals surface area contributed by atoms with Gasteiger partial charge >= 0.3 is 12.0 Å². The Balaban J connectivity index is 1.96. The number of anilines is 1. The van der Waals surface area contributed by atoms with Gasteiger partial charge in [-0.25, -0.2) is 4.79 Å². The van der Waals surface area contributed by atoms with Gasteiger partial charge in [-0.2, -0.15) is 5.26 Å². The summed E-state index contributed by atoms with van der Waals surface area (Å²) in [5.74, 6) is -1.45. The summed E-state index contributed by atoms with van der Waals surface area (Å²) in [6.07, 6.45) is 3.60. The maximum absolute atomic E-state index is 11.9. The maximum Gasteiger partial charge on any atom is 0.319 e. The largest absolute Gasteiger partial charge is 0.481 e. The maximum atomic E-state index is 11.9. The number of carbonyl (C=O) groups is 2. The number of hydrogen-bond donors (Lipinski definition) is 3. The fourth-order valence-corrected chi connectivity index (χ4v) is 2.14. The highest BCUT2D eigenvalue weighted by molar-refractivity contribution is 5.90. The predicted octanol–water partition coefficient (Wildman–Crippen LogP) is 2.02. The van der Waals surface area contributed by atoms with E-state index in [1.54, 1.807) is 30.4 Å². The van der Waals surface area contributed by atoms with Gasteiger partial charge in [0.15, 0.2) is 0 Å². The lowest BCUT2D eigenvalue weighted by Crippen LogP contribution is -2.36. The van der Waals surface area contributed by atoms with Crippen LogP contribution in [0.4, 0.5) is 10.5 Å². The number of amides is 2. The lowest BCUT2D eigenvalue weighted by molar-refractivity contribution is -0.140. The molecule has 0 fully saturated rings. The number of urea groups is 1. The number of nitriles is 1. The van der Waals surface area contributed by atoms with Crippen molar-refractivity contribution in [3.8, 4) is 6.07 Å². The summed E-state index contributed by atoms with van der Waals surface area (Å²) in [5, 5.41) is 23.1. The fraction of sp³-hybridized carbons (Fsp3) is 0.267. The molecule has 3 N–H and O–H groups in total. The molecule has 0 heterocycles. The zero-order valence-electron chi connectivity index (χ0n) is 11.5. The summed E-state index contributed by atoms with van der Waals surface area (Å²) in [6, 6.07) is 6.32. The van der Waals surface area contributed by atoms with Crippen molar-refractivity contribution in [3.05, 3.63) is 41.5 Å². The van der Waals surface area contributed by atoms with E-state index in [1.807, 2.05) is 13.0 Å². The van der Waals surface area contributed by atoms with Crippen LogP contribution in [0, 0.1) is 24.2 Å². The Hall–Kier alpha value is -2.81. The Bertz CT molecular complexity index is 646.